The van der Waals surface area contributed by atoms with E-state index in [1.807, 2.05) is 18.2 Å². The van der Waals surface area contributed by atoms with Gasteiger partial charge in [-0.2, -0.15) is 5.10 Å². The summed E-state index contributed by atoms with van der Waals surface area (Å²) in [5.41, 5.74) is 0.908. The minimum absolute atomic E-state index is 0.168. The first-order chi connectivity index (χ1) is 17.9. The number of imidazole rings is 1. The van der Waals surface area contributed by atoms with Gasteiger partial charge in [-0.15, -0.1) is 0 Å². The zero-order chi connectivity index (χ0) is 25.6. The summed E-state index contributed by atoms with van der Waals surface area (Å²) in [6, 6.07) is 10.8. The van der Waals surface area contributed by atoms with Gasteiger partial charge in [0.25, 0.3) is 0 Å². The number of pyridine rings is 1. The molecule has 1 aliphatic carbocycles. The molecule has 0 aliphatic heterocycles. The fourth-order valence-electron chi connectivity index (χ4n) is 4.77. The molecule has 1 aromatic carbocycles. The lowest BCUT2D eigenvalue weighted by atomic mass is 9.84. The Balaban J connectivity index is 1.29. The summed E-state index contributed by atoms with van der Waals surface area (Å²) >= 11 is 1.20. The first kappa shape index (κ1) is 23.8. The van der Waals surface area contributed by atoms with E-state index < -0.39 is 11.8 Å². The monoisotopic (exact) mass is 524 g/mol. The second-order valence-corrected chi connectivity index (χ2v) is 10.4. The van der Waals surface area contributed by atoms with Crippen molar-refractivity contribution in [3.8, 4) is 23.0 Å². The van der Waals surface area contributed by atoms with Crippen LogP contribution in [0.25, 0.3) is 27.4 Å². The molecule has 192 valence electrons. The minimum Gasteiger partial charge on any atom is -0.496 e. The van der Waals surface area contributed by atoms with Crippen LogP contribution >= 0.6 is 11.3 Å². The molecular weight excluding hydrogens is 498 g/mol. The van der Waals surface area contributed by atoms with Crippen LogP contribution in [-0.2, 0) is 12.3 Å². The highest BCUT2D eigenvalue weighted by atomic mass is 32.1. The van der Waals surface area contributed by atoms with Gasteiger partial charge in [-0.1, -0.05) is 23.8 Å². The fourth-order valence-corrected chi connectivity index (χ4v) is 5.58. The predicted octanol–water partition coefficient (Wildman–Crippen LogP) is 7.35. The van der Waals surface area contributed by atoms with Crippen molar-refractivity contribution >= 4 is 27.3 Å². The van der Waals surface area contributed by atoms with Gasteiger partial charge in [-0.3, -0.25) is 4.98 Å². The number of furan rings is 1. The smallest absolute Gasteiger partial charge is 0.212 e. The van der Waals surface area contributed by atoms with Gasteiger partial charge >= 0.3 is 0 Å². The maximum absolute atomic E-state index is 15.5. The van der Waals surface area contributed by atoms with Gasteiger partial charge in [0.1, 0.15) is 29.4 Å². The molecule has 0 amide bonds. The Labute approximate surface area is 216 Å². The first-order valence-corrected chi connectivity index (χ1v) is 13.1. The van der Waals surface area contributed by atoms with Crippen LogP contribution < -0.4 is 9.47 Å². The molecule has 4 aromatic heterocycles. The molecule has 0 radical (unpaired) electrons. The van der Waals surface area contributed by atoms with Crippen LogP contribution in [0.2, 0.25) is 0 Å². The molecule has 0 saturated heterocycles. The normalized spacial score (nSPS) is 16.3. The minimum atomic E-state index is -1.37. The third-order valence-corrected chi connectivity index (χ3v) is 7.82. The topological polar surface area (TPSA) is 74.7 Å². The van der Waals surface area contributed by atoms with Crippen molar-refractivity contribution in [3.05, 3.63) is 59.0 Å². The van der Waals surface area contributed by atoms with Crippen LogP contribution in [0.3, 0.4) is 0 Å². The van der Waals surface area contributed by atoms with E-state index in [2.05, 4.69) is 15.1 Å². The molecule has 1 atom stereocenters. The predicted molar refractivity (Wildman–Crippen MR) is 137 cm³/mol. The van der Waals surface area contributed by atoms with Crippen molar-refractivity contribution in [1.82, 2.24) is 19.6 Å². The molecule has 0 N–H and O–H groups in total. The Morgan fingerprint density at radius 3 is 2.76 bits per heavy atom. The van der Waals surface area contributed by atoms with Crippen LogP contribution in [0.1, 0.15) is 61.6 Å². The Morgan fingerprint density at radius 1 is 1.16 bits per heavy atom. The number of halogens is 2. The van der Waals surface area contributed by atoms with Crippen molar-refractivity contribution in [3.63, 3.8) is 0 Å². The van der Waals surface area contributed by atoms with Crippen molar-refractivity contribution in [1.29, 1.82) is 0 Å². The molecule has 4 heterocycles. The third-order valence-electron chi connectivity index (χ3n) is 6.75. The number of hydrogen-bond donors (Lipinski definition) is 0. The Hall–Kier alpha value is -3.53. The lowest BCUT2D eigenvalue weighted by Gasteiger charge is -2.29. The average Bonchev–Trinajstić information content (AvgIpc) is 3.61. The van der Waals surface area contributed by atoms with E-state index in [-0.39, 0.29) is 6.61 Å². The molecule has 1 fully saturated rings. The quantitative estimate of drug-likeness (QED) is 0.222. The molecule has 0 spiro atoms. The summed E-state index contributed by atoms with van der Waals surface area (Å²) in [6.45, 7) is 1.62. The Kier molecular flexibility index (Phi) is 6.06. The number of nitrogens with zero attached hydrogens (tertiary/aromatic N) is 4. The number of alkyl halides is 2. The molecule has 7 nitrogen and oxygen atoms in total. The van der Waals surface area contributed by atoms with Gasteiger partial charge in [0.05, 0.1) is 30.1 Å². The van der Waals surface area contributed by atoms with Gasteiger partial charge in [-0.05, 0) is 50.8 Å². The zero-order valence-electron chi connectivity index (χ0n) is 20.5. The summed E-state index contributed by atoms with van der Waals surface area (Å²) < 4.78 is 48.3. The van der Waals surface area contributed by atoms with E-state index in [4.69, 9.17) is 13.9 Å². The molecular formula is C27H26F2N4O3S. The molecule has 6 rings (SSSR count). The van der Waals surface area contributed by atoms with Crippen molar-refractivity contribution in [2.45, 2.75) is 57.5 Å². The van der Waals surface area contributed by atoms with Crippen LogP contribution in [0.15, 0.2) is 47.0 Å². The zero-order valence-corrected chi connectivity index (χ0v) is 21.4. The number of methoxy groups -OCH3 is 1. The number of aromatic nitrogens is 4. The molecule has 37 heavy (non-hydrogen) atoms. The van der Waals surface area contributed by atoms with Crippen molar-refractivity contribution in [2.75, 3.05) is 7.11 Å². The average molecular weight is 525 g/mol. The van der Waals surface area contributed by atoms with Gasteiger partial charge in [0.15, 0.2) is 22.6 Å². The van der Waals surface area contributed by atoms with Crippen LogP contribution in [0.4, 0.5) is 8.78 Å². The van der Waals surface area contributed by atoms with Crippen LogP contribution in [0.5, 0.6) is 11.5 Å². The summed E-state index contributed by atoms with van der Waals surface area (Å²) in [7, 11) is 1.57. The number of hydrogen-bond acceptors (Lipinski definition) is 7. The molecule has 0 bridgehead atoms. The van der Waals surface area contributed by atoms with Crippen LogP contribution in [0, 0.1) is 0 Å². The fraction of sp³-hybridized carbons (Fsp3) is 0.370. The van der Waals surface area contributed by atoms with E-state index in [1.165, 1.54) is 18.3 Å². The number of ether oxygens (including phenoxy) is 2. The van der Waals surface area contributed by atoms with E-state index in [1.54, 1.807) is 36.0 Å². The number of rotatable bonds is 7. The highest BCUT2D eigenvalue weighted by molar-refractivity contribution is 7.16. The van der Waals surface area contributed by atoms with Crippen molar-refractivity contribution < 1.29 is 22.7 Å². The van der Waals surface area contributed by atoms with Gasteiger partial charge in [0, 0.05) is 12.1 Å². The first-order valence-electron chi connectivity index (χ1n) is 12.3. The van der Waals surface area contributed by atoms with Crippen molar-refractivity contribution in [2.24, 2.45) is 0 Å². The van der Waals surface area contributed by atoms with E-state index in [9.17, 15) is 4.39 Å². The summed E-state index contributed by atoms with van der Waals surface area (Å²) in [4.78, 5) is 9.73. The molecule has 1 aliphatic rings. The SMILES string of the molecule is COc1cc(OCc2cccc(C3(F)CCCCC3)n2)c2cc(-c3cn4nc([C@H](C)F)sc4n3)oc2c1. The molecule has 0 unspecified atom stereocenters. The van der Waals surface area contributed by atoms with Gasteiger partial charge in [-0.25, -0.2) is 18.3 Å². The van der Waals surface area contributed by atoms with E-state index >= 15 is 4.39 Å². The second kappa shape index (κ2) is 9.41. The molecule has 10 heteroatoms. The van der Waals surface area contributed by atoms with Gasteiger partial charge in [0.2, 0.25) is 4.96 Å². The summed E-state index contributed by atoms with van der Waals surface area (Å²) in [5.74, 6) is 1.65. The Morgan fingerprint density at radius 2 is 2.00 bits per heavy atom. The van der Waals surface area contributed by atoms with E-state index in [0.717, 1.165) is 24.6 Å². The lowest BCUT2D eigenvalue weighted by Crippen LogP contribution is -2.25. The second-order valence-electron chi connectivity index (χ2n) is 9.39. The molecule has 5 aromatic rings. The summed E-state index contributed by atoms with van der Waals surface area (Å²) in [6.07, 6.45) is 4.40. The largest absolute Gasteiger partial charge is 0.496 e. The molecule has 1 saturated carbocycles. The van der Waals surface area contributed by atoms with Crippen LogP contribution in [-0.4, -0.2) is 26.7 Å². The maximum atomic E-state index is 15.5. The highest BCUT2D eigenvalue weighted by Gasteiger charge is 2.35. The highest BCUT2D eigenvalue weighted by Crippen LogP contribution is 2.40. The van der Waals surface area contributed by atoms with Gasteiger partial charge < -0.3 is 13.9 Å². The Bertz CT molecular complexity index is 1540. The lowest BCUT2D eigenvalue weighted by molar-refractivity contribution is 0.100. The summed E-state index contributed by atoms with van der Waals surface area (Å²) in [5, 5.41) is 5.36. The third kappa shape index (κ3) is 4.54. The number of benzene rings is 1. The standard InChI is InChI=1S/C27H26F2N4O3S/c1-16(28)25-32-33-14-20(31-26(33)37-25)23-13-19-21(11-18(34-2)12-22(19)36-23)35-15-17-7-6-8-24(30-17)27(29)9-4-3-5-10-27/h6-8,11-14,16H,3-5,9-10,15H2,1-2H3/t16-/m0/s1. The maximum Gasteiger partial charge on any atom is 0.212 e. The van der Waals surface area contributed by atoms with E-state index in [0.29, 0.717) is 62.7 Å². The number of fused-ring (bicyclic) bond motifs is 2.